The Morgan fingerprint density at radius 1 is 1.35 bits per heavy atom. The minimum absolute atomic E-state index is 0.0564. The second-order valence-corrected chi connectivity index (χ2v) is 4.39. The maximum Gasteiger partial charge on any atom is 0.352 e. The van der Waals surface area contributed by atoms with Crippen LogP contribution in [0.2, 0.25) is 5.28 Å². The molecule has 1 aromatic rings. The molecule has 0 fully saturated rings. The Bertz CT molecular complexity index is 437. The van der Waals surface area contributed by atoms with Crippen molar-refractivity contribution in [2.75, 3.05) is 0 Å². The fourth-order valence-corrected chi connectivity index (χ4v) is 1.32. The lowest BCUT2D eigenvalue weighted by atomic mass is 10.1. The van der Waals surface area contributed by atoms with Crippen molar-refractivity contribution in [2.24, 2.45) is 5.92 Å². The first kappa shape index (κ1) is 13.6. The van der Waals surface area contributed by atoms with Gasteiger partial charge in [0.1, 0.15) is 11.8 Å². The summed E-state index contributed by atoms with van der Waals surface area (Å²) in [6.07, 6.45) is -0.195. The van der Waals surface area contributed by atoms with Gasteiger partial charge in [0.2, 0.25) is 5.28 Å². The molecule has 6 nitrogen and oxygen atoms in total. The van der Waals surface area contributed by atoms with Crippen molar-refractivity contribution < 1.29 is 9.66 Å². The molecule has 1 heterocycles. The largest absolute Gasteiger partial charge is 0.469 e. The van der Waals surface area contributed by atoms with Crippen LogP contribution in [0.25, 0.3) is 0 Å². The summed E-state index contributed by atoms with van der Waals surface area (Å²) in [4.78, 5) is 17.9. The van der Waals surface area contributed by atoms with E-state index in [9.17, 15) is 10.1 Å². The molecular weight excluding hydrogens is 246 g/mol. The van der Waals surface area contributed by atoms with Crippen LogP contribution in [-0.2, 0) is 0 Å². The van der Waals surface area contributed by atoms with Crippen molar-refractivity contribution in [3.63, 3.8) is 0 Å². The molecule has 0 aliphatic rings. The maximum absolute atomic E-state index is 10.9. The highest BCUT2D eigenvalue weighted by Crippen LogP contribution is 2.30. The van der Waals surface area contributed by atoms with E-state index >= 15 is 0 Å². The van der Waals surface area contributed by atoms with Gasteiger partial charge in [-0.15, -0.1) is 0 Å². The summed E-state index contributed by atoms with van der Waals surface area (Å²) in [5.74, 6) is 0.136. The van der Waals surface area contributed by atoms with E-state index < -0.39 is 4.92 Å². The zero-order chi connectivity index (χ0) is 13.2. The van der Waals surface area contributed by atoms with Gasteiger partial charge in [-0.05, 0) is 31.4 Å². The van der Waals surface area contributed by atoms with Crippen molar-refractivity contribution in [3.05, 3.63) is 21.1 Å². The first-order valence-corrected chi connectivity index (χ1v) is 5.56. The SMILES string of the molecule is Cc1nc(Cl)nc(OC(C)C(C)C)c1[N+](=O)[O-]. The van der Waals surface area contributed by atoms with Gasteiger partial charge in [0, 0.05) is 0 Å². The quantitative estimate of drug-likeness (QED) is 0.472. The van der Waals surface area contributed by atoms with Crippen LogP contribution in [0, 0.1) is 23.0 Å². The molecule has 0 aromatic carbocycles. The number of hydrogen-bond acceptors (Lipinski definition) is 5. The van der Waals surface area contributed by atoms with Crippen LogP contribution in [-0.4, -0.2) is 21.0 Å². The number of halogens is 1. The number of ether oxygens (including phenoxy) is 1. The normalized spacial score (nSPS) is 12.6. The molecular formula is C10H14ClN3O3. The van der Waals surface area contributed by atoms with E-state index in [0.29, 0.717) is 0 Å². The van der Waals surface area contributed by atoms with Crippen LogP contribution in [0.4, 0.5) is 5.69 Å². The lowest BCUT2D eigenvalue weighted by Gasteiger charge is -2.17. The van der Waals surface area contributed by atoms with Crippen molar-refractivity contribution >= 4 is 17.3 Å². The van der Waals surface area contributed by atoms with Crippen LogP contribution >= 0.6 is 11.6 Å². The standard InChI is InChI=1S/C10H14ClN3O3/c1-5(2)7(4)17-9-8(14(15)16)6(3)12-10(11)13-9/h5,7H,1-4H3. The van der Waals surface area contributed by atoms with E-state index in [1.807, 2.05) is 20.8 Å². The van der Waals surface area contributed by atoms with Gasteiger partial charge in [0.05, 0.1) is 4.92 Å². The average Bonchev–Trinajstić information content (AvgIpc) is 2.14. The zero-order valence-corrected chi connectivity index (χ0v) is 10.9. The van der Waals surface area contributed by atoms with Gasteiger partial charge in [-0.25, -0.2) is 4.98 Å². The summed E-state index contributed by atoms with van der Waals surface area (Å²) in [5, 5.41) is 10.9. The Morgan fingerprint density at radius 3 is 2.41 bits per heavy atom. The predicted molar refractivity (Wildman–Crippen MR) is 63.4 cm³/mol. The van der Waals surface area contributed by atoms with Crippen LogP contribution in [0.15, 0.2) is 0 Å². The molecule has 0 saturated carbocycles. The molecule has 0 aliphatic carbocycles. The first-order valence-electron chi connectivity index (χ1n) is 5.18. The summed E-state index contributed by atoms with van der Waals surface area (Å²) in [5.41, 5.74) is -0.0390. The number of aromatic nitrogens is 2. The Labute approximate surface area is 104 Å². The third-order valence-electron chi connectivity index (χ3n) is 2.42. The van der Waals surface area contributed by atoms with Crippen LogP contribution in [0.5, 0.6) is 5.88 Å². The van der Waals surface area contributed by atoms with Gasteiger partial charge < -0.3 is 4.74 Å². The molecule has 0 bridgehead atoms. The molecule has 7 heteroatoms. The van der Waals surface area contributed by atoms with Crippen molar-refractivity contribution in [1.82, 2.24) is 9.97 Å². The topological polar surface area (TPSA) is 78.2 Å². The summed E-state index contributed by atoms with van der Waals surface area (Å²) in [6.45, 7) is 7.22. The summed E-state index contributed by atoms with van der Waals surface area (Å²) in [7, 11) is 0. The first-order chi connectivity index (χ1) is 7.82. The predicted octanol–water partition coefficient (Wildman–Crippen LogP) is 2.77. The Morgan fingerprint density at radius 2 is 1.94 bits per heavy atom. The molecule has 0 N–H and O–H groups in total. The van der Waals surface area contributed by atoms with E-state index in [-0.39, 0.29) is 34.6 Å². The van der Waals surface area contributed by atoms with E-state index in [0.717, 1.165) is 0 Å². The molecule has 1 rings (SSSR count). The van der Waals surface area contributed by atoms with Gasteiger partial charge >= 0.3 is 5.69 Å². The van der Waals surface area contributed by atoms with Crippen LogP contribution < -0.4 is 4.74 Å². The summed E-state index contributed by atoms with van der Waals surface area (Å²) in [6, 6.07) is 0. The highest BCUT2D eigenvalue weighted by molar-refractivity contribution is 6.28. The molecule has 1 atom stereocenters. The maximum atomic E-state index is 10.9. The van der Waals surface area contributed by atoms with E-state index in [2.05, 4.69) is 9.97 Å². The lowest BCUT2D eigenvalue weighted by molar-refractivity contribution is -0.387. The fraction of sp³-hybridized carbons (Fsp3) is 0.600. The summed E-state index contributed by atoms with van der Waals surface area (Å²) >= 11 is 5.66. The van der Waals surface area contributed by atoms with Crippen molar-refractivity contribution in [2.45, 2.75) is 33.8 Å². The minimum Gasteiger partial charge on any atom is -0.469 e. The molecule has 0 spiro atoms. The second kappa shape index (κ2) is 5.27. The minimum atomic E-state index is -0.561. The molecule has 0 amide bonds. The van der Waals surface area contributed by atoms with Crippen molar-refractivity contribution in [3.8, 4) is 5.88 Å². The van der Waals surface area contributed by atoms with E-state index in [4.69, 9.17) is 16.3 Å². The van der Waals surface area contributed by atoms with Crippen LogP contribution in [0.3, 0.4) is 0 Å². The molecule has 94 valence electrons. The monoisotopic (exact) mass is 259 g/mol. The number of nitrogens with zero attached hydrogens (tertiary/aromatic N) is 3. The van der Waals surface area contributed by atoms with Gasteiger partial charge in [0.15, 0.2) is 0 Å². The van der Waals surface area contributed by atoms with Gasteiger partial charge in [-0.3, -0.25) is 10.1 Å². The van der Waals surface area contributed by atoms with Gasteiger partial charge in [0.25, 0.3) is 5.88 Å². The van der Waals surface area contributed by atoms with E-state index in [1.54, 1.807) is 0 Å². The number of nitro groups is 1. The van der Waals surface area contributed by atoms with Gasteiger partial charge in [-0.2, -0.15) is 4.98 Å². The Kier molecular flexibility index (Phi) is 4.22. The third kappa shape index (κ3) is 3.26. The molecule has 0 saturated heterocycles. The highest BCUT2D eigenvalue weighted by atomic mass is 35.5. The molecule has 0 aliphatic heterocycles. The Balaban J connectivity index is 3.17. The molecule has 0 radical (unpaired) electrons. The van der Waals surface area contributed by atoms with Gasteiger partial charge in [-0.1, -0.05) is 13.8 Å². The highest BCUT2D eigenvalue weighted by Gasteiger charge is 2.25. The van der Waals surface area contributed by atoms with Crippen LogP contribution in [0.1, 0.15) is 26.5 Å². The van der Waals surface area contributed by atoms with E-state index in [1.165, 1.54) is 6.92 Å². The number of rotatable bonds is 4. The number of hydrogen-bond donors (Lipinski definition) is 0. The smallest absolute Gasteiger partial charge is 0.352 e. The third-order valence-corrected chi connectivity index (χ3v) is 2.59. The molecule has 1 aromatic heterocycles. The Hall–Kier alpha value is -1.43. The fourth-order valence-electron chi connectivity index (χ4n) is 1.11. The summed E-state index contributed by atoms with van der Waals surface area (Å²) < 4.78 is 5.45. The average molecular weight is 260 g/mol. The molecule has 1 unspecified atom stereocenters. The van der Waals surface area contributed by atoms with Crippen molar-refractivity contribution in [1.29, 1.82) is 0 Å². The molecule has 17 heavy (non-hydrogen) atoms. The lowest BCUT2D eigenvalue weighted by Crippen LogP contribution is -2.20. The second-order valence-electron chi connectivity index (χ2n) is 4.06. The zero-order valence-electron chi connectivity index (χ0n) is 10.1. The number of aryl methyl sites for hydroxylation is 1.